The summed E-state index contributed by atoms with van der Waals surface area (Å²) in [6.07, 6.45) is 5.44. The number of allylic oxidation sites excluding steroid dienone is 2. The van der Waals surface area contributed by atoms with Gasteiger partial charge in [-0.15, -0.1) is 0 Å². The molecule has 1 heterocycles. The molecule has 1 saturated heterocycles. The minimum atomic E-state index is -1.56. The molecule has 2 aliphatic rings. The van der Waals surface area contributed by atoms with Gasteiger partial charge in [-0.05, 0) is 30.2 Å². The summed E-state index contributed by atoms with van der Waals surface area (Å²) in [5.74, 6) is 0.215. The zero-order valence-electron chi connectivity index (χ0n) is 6.12. The average molecular weight is 205 g/mol. The van der Waals surface area contributed by atoms with Crippen molar-refractivity contribution < 1.29 is 13.8 Å². The van der Waals surface area contributed by atoms with Gasteiger partial charge in [0, 0.05) is 0 Å². The third-order valence-electron chi connectivity index (χ3n) is 1.66. The number of carbonyl (C=O) groups excluding carboxylic acids is 1. The topological polar surface area (TPSA) is 35.5 Å². The summed E-state index contributed by atoms with van der Waals surface area (Å²) in [5, 5.41) is 0. The minimum absolute atomic E-state index is 0.367. The Hall–Kier alpha value is -0.530. The number of hydrogen-bond acceptors (Lipinski definition) is 3. The van der Waals surface area contributed by atoms with Crippen LogP contribution in [0, 0.1) is 0 Å². The highest BCUT2D eigenvalue weighted by molar-refractivity contribution is 7.76. The van der Waals surface area contributed by atoms with E-state index in [1.807, 2.05) is 12.2 Å². The number of hydrogen-bond donors (Lipinski definition) is 0. The van der Waals surface area contributed by atoms with Crippen LogP contribution in [0.15, 0.2) is 23.5 Å². The third-order valence-corrected chi connectivity index (χ3v) is 2.72. The zero-order chi connectivity index (χ0) is 8.55. The Morgan fingerprint density at radius 3 is 2.92 bits per heavy atom. The molecule has 0 aromatic carbocycles. The number of halogens is 1. The molecule has 5 heteroatoms. The smallest absolute Gasteiger partial charge is 0.403 e. The Morgan fingerprint density at radius 2 is 2.08 bits per heavy atom. The number of carbonyl (C=O) groups is 1. The quantitative estimate of drug-likeness (QED) is 0.569. The van der Waals surface area contributed by atoms with Crippen LogP contribution in [-0.4, -0.2) is 5.97 Å². The van der Waals surface area contributed by atoms with Crippen molar-refractivity contribution in [2.24, 2.45) is 0 Å². The molecular weight excluding hydrogens is 199 g/mol. The molecule has 1 atom stereocenters. The SMILES string of the molecule is O=C1OP(Cl)OC2=CCCC=C12. The van der Waals surface area contributed by atoms with Crippen molar-refractivity contribution in [3.63, 3.8) is 0 Å². The Morgan fingerprint density at radius 1 is 1.33 bits per heavy atom. The van der Waals surface area contributed by atoms with Gasteiger partial charge >= 0.3 is 13.7 Å². The first kappa shape index (κ1) is 8.09. The average Bonchev–Trinajstić information content (AvgIpc) is 2.04. The van der Waals surface area contributed by atoms with E-state index < -0.39 is 7.73 Å². The molecule has 12 heavy (non-hydrogen) atoms. The Bertz CT molecular complexity index is 284. The van der Waals surface area contributed by atoms with E-state index in [4.69, 9.17) is 20.3 Å². The first-order valence-corrected chi connectivity index (χ1v) is 5.62. The van der Waals surface area contributed by atoms with E-state index in [1.165, 1.54) is 0 Å². The molecule has 0 N–H and O–H groups in total. The maximum atomic E-state index is 11.2. The van der Waals surface area contributed by atoms with Gasteiger partial charge in [0.1, 0.15) is 5.76 Å². The summed E-state index contributed by atoms with van der Waals surface area (Å²) in [4.78, 5) is 11.2. The largest absolute Gasteiger partial charge is 0.427 e. The molecule has 0 aromatic rings. The maximum absolute atomic E-state index is 11.2. The van der Waals surface area contributed by atoms with Crippen molar-refractivity contribution in [1.82, 2.24) is 0 Å². The fourth-order valence-electron chi connectivity index (χ4n) is 1.13. The highest BCUT2D eigenvalue weighted by Crippen LogP contribution is 2.52. The second kappa shape index (κ2) is 3.08. The van der Waals surface area contributed by atoms with Crippen molar-refractivity contribution in [3.05, 3.63) is 23.5 Å². The van der Waals surface area contributed by atoms with Gasteiger partial charge in [0.05, 0.1) is 5.57 Å². The van der Waals surface area contributed by atoms with E-state index in [1.54, 1.807) is 0 Å². The molecule has 1 fully saturated rings. The summed E-state index contributed by atoms with van der Waals surface area (Å²) in [7, 11) is -1.56. The fraction of sp³-hybridized carbons (Fsp3) is 0.286. The highest BCUT2D eigenvalue weighted by atomic mass is 35.7. The van der Waals surface area contributed by atoms with E-state index in [0.717, 1.165) is 12.8 Å². The van der Waals surface area contributed by atoms with Gasteiger partial charge in [-0.25, -0.2) is 4.79 Å². The minimum Gasteiger partial charge on any atom is -0.427 e. The van der Waals surface area contributed by atoms with Crippen LogP contribution < -0.4 is 0 Å². The predicted octanol–water partition coefficient (Wildman–Crippen LogP) is 2.63. The van der Waals surface area contributed by atoms with Crippen molar-refractivity contribution in [2.45, 2.75) is 12.8 Å². The fourth-order valence-corrected chi connectivity index (χ4v) is 2.14. The Balaban J connectivity index is 2.29. The first-order chi connectivity index (χ1) is 5.77. The van der Waals surface area contributed by atoms with Gasteiger partial charge in [-0.3, -0.25) is 0 Å². The maximum Gasteiger partial charge on any atom is 0.403 e. The molecule has 0 spiro atoms. The molecule has 3 nitrogen and oxygen atoms in total. The predicted molar refractivity (Wildman–Crippen MR) is 45.4 cm³/mol. The van der Waals surface area contributed by atoms with E-state index in [-0.39, 0.29) is 5.97 Å². The molecule has 0 radical (unpaired) electrons. The lowest BCUT2D eigenvalue weighted by atomic mass is 10.1. The van der Waals surface area contributed by atoms with Crippen LogP contribution in [0.1, 0.15) is 12.8 Å². The first-order valence-electron chi connectivity index (χ1n) is 3.54. The molecule has 1 unspecified atom stereocenters. The van der Waals surface area contributed by atoms with Gasteiger partial charge < -0.3 is 9.05 Å². The Labute approximate surface area is 75.7 Å². The van der Waals surface area contributed by atoms with Crippen molar-refractivity contribution >= 4 is 24.9 Å². The second-order valence-corrected chi connectivity index (χ2v) is 4.06. The van der Waals surface area contributed by atoms with Gasteiger partial charge in [0.25, 0.3) is 0 Å². The van der Waals surface area contributed by atoms with Gasteiger partial charge in [-0.2, -0.15) is 0 Å². The lowest BCUT2D eigenvalue weighted by Crippen LogP contribution is -2.14. The second-order valence-electron chi connectivity index (χ2n) is 2.45. The summed E-state index contributed by atoms with van der Waals surface area (Å²) in [6, 6.07) is 0. The van der Waals surface area contributed by atoms with E-state index in [9.17, 15) is 4.79 Å². The van der Waals surface area contributed by atoms with Crippen LogP contribution in [-0.2, 0) is 13.8 Å². The van der Waals surface area contributed by atoms with Gasteiger partial charge in [0.2, 0.25) is 0 Å². The molecule has 1 aliphatic carbocycles. The lowest BCUT2D eigenvalue weighted by molar-refractivity contribution is -0.130. The molecule has 0 saturated carbocycles. The Kier molecular flexibility index (Phi) is 2.07. The standard InChI is InChI=1S/C7H6ClO3P/c8-12-10-6-4-2-1-3-5(6)7(9)11-12/h3-4H,1-2H2. The van der Waals surface area contributed by atoms with Crippen LogP contribution in [0.5, 0.6) is 0 Å². The summed E-state index contributed by atoms with van der Waals surface area (Å²) in [5.41, 5.74) is 0.514. The van der Waals surface area contributed by atoms with E-state index in [2.05, 4.69) is 0 Å². The number of fused-ring (bicyclic) bond motifs is 1. The van der Waals surface area contributed by atoms with E-state index >= 15 is 0 Å². The van der Waals surface area contributed by atoms with Gasteiger partial charge in [-0.1, -0.05) is 6.08 Å². The van der Waals surface area contributed by atoms with Crippen LogP contribution in [0.25, 0.3) is 0 Å². The molecule has 64 valence electrons. The van der Waals surface area contributed by atoms with Gasteiger partial charge in [0.15, 0.2) is 0 Å². The van der Waals surface area contributed by atoms with Crippen molar-refractivity contribution in [3.8, 4) is 0 Å². The normalized spacial score (nSPS) is 27.8. The summed E-state index contributed by atoms with van der Waals surface area (Å²) >= 11 is 5.56. The lowest BCUT2D eigenvalue weighted by Gasteiger charge is -2.22. The molecule has 2 rings (SSSR count). The van der Waals surface area contributed by atoms with Crippen LogP contribution in [0.3, 0.4) is 0 Å². The third kappa shape index (κ3) is 1.35. The highest BCUT2D eigenvalue weighted by Gasteiger charge is 2.31. The molecule has 0 aromatic heterocycles. The van der Waals surface area contributed by atoms with Crippen LogP contribution >= 0.6 is 19.0 Å². The molecule has 0 bridgehead atoms. The molecular formula is C7H6ClO3P. The van der Waals surface area contributed by atoms with Crippen LogP contribution in [0.2, 0.25) is 0 Å². The van der Waals surface area contributed by atoms with E-state index in [0.29, 0.717) is 11.3 Å². The van der Waals surface area contributed by atoms with Crippen LogP contribution in [0.4, 0.5) is 0 Å². The summed E-state index contributed by atoms with van der Waals surface area (Å²) in [6.45, 7) is 0. The number of rotatable bonds is 0. The van der Waals surface area contributed by atoms with Crippen molar-refractivity contribution in [1.29, 1.82) is 0 Å². The summed E-state index contributed by atoms with van der Waals surface area (Å²) < 4.78 is 9.86. The molecule has 0 amide bonds. The zero-order valence-corrected chi connectivity index (χ0v) is 7.77. The van der Waals surface area contributed by atoms with Crippen molar-refractivity contribution in [2.75, 3.05) is 0 Å². The monoisotopic (exact) mass is 204 g/mol. The molecule has 1 aliphatic heterocycles.